The summed E-state index contributed by atoms with van der Waals surface area (Å²) in [5.74, 6) is 3.25. The smallest absolute Gasteiger partial charge is 0.0467 e. The number of aliphatic hydroxyl groups is 1. The van der Waals surface area contributed by atoms with Crippen LogP contribution in [0, 0.1) is 34.5 Å². The minimum Gasteiger partial charge on any atom is -0.396 e. The molecule has 16 heavy (non-hydrogen) atoms. The van der Waals surface area contributed by atoms with Crippen molar-refractivity contribution in [3.8, 4) is 0 Å². The van der Waals surface area contributed by atoms with E-state index in [9.17, 15) is 5.11 Å². The lowest BCUT2D eigenvalue weighted by molar-refractivity contribution is 0.0374. The number of hydrogen-bond acceptors (Lipinski definition) is 1. The molecule has 0 amide bonds. The van der Waals surface area contributed by atoms with Crippen molar-refractivity contribution < 1.29 is 5.11 Å². The first-order chi connectivity index (χ1) is 7.50. The molecule has 3 rings (SSSR count). The minimum atomic E-state index is 0.435. The largest absolute Gasteiger partial charge is 0.396 e. The van der Waals surface area contributed by atoms with E-state index in [1.807, 2.05) is 0 Å². The molecule has 3 aliphatic carbocycles. The maximum absolute atomic E-state index is 9.76. The Kier molecular flexibility index (Phi) is 2.25. The number of hydrogen-bond donors (Lipinski definition) is 1. The number of rotatable bonds is 1. The van der Waals surface area contributed by atoms with Crippen LogP contribution in [0.15, 0.2) is 0 Å². The van der Waals surface area contributed by atoms with E-state index in [-0.39, 0.29) is 0 Å². The fourth-order valence-electron chi connectivity index (χ4n) is 5.92. The highest BCUT2D eigenvalue weighted by molar-refractivity contribution is 5.12. The molecule has 0 heterocycles. The lowest BCUT2D eigenvalue weighted by Crippen LogP contribution is -2.35. The molecule has 1 N–H and O–H groups in total. The third-order valence-electron chi connectivity index (χ3n) is 6.55. The summed E-state index contributed by atoms with van der Waals surface area (Å²) in [5, 5.41) is 9.76. The summed E-state index contributed by atoms with van der Waals surface area (Å²) in [6, 6.07) is 0. The van der Waals surface area contributed by atoms with E-state index in [1.165, 1.54) is 32.1 Å². The predicted molar refractivity (Wildman–Crippen MR) is 66.0 cm³/mol. The van der Waals surface area contributed by atoms with Crippen LogP contribution >= 0.6 is 0 Å². The van der Waals surface area contributed by atoms with Crippen LogP contribution in [-0.2, 0) is 0 Å². The maximum atomic E-state index is 9.76. The summed E-state index contributed by atoms with van der Waals surface area (Å²) in [6.45, 7) is 7.87. The zero-order chi connectivity index (χ0) is 11.6. The van der Waals surface area contributed by atoms with Gasteiger partial charge in [-0.1, -0.05) is 27.2 Å². The maximum Gasteiger partial charge on any atom is 0.0467 e. The molecule has 0 spiro atoms. The molecule has 5 atom stereocenters. The molecular weight excluding hydrogens is 196 g/mol. The van der Waals surface area contributed by atoms with Gasteiger partial charge in [0.2, 0.25) is 0 Å². The molecule has 0 saturated heterocycles. The summed E-state index contributed by atoms with van der Waals surface area (Å²) < 4.78 is 0. The fourth-order valence-corrected chi connectivity index (χ4v) is 5.92. The molecule has 0 radical (unpaired) electrons. The zero-order valence-electron chi connectivity index (χ0n) is 11.0. The highest BCUT2D eigenvalue weighted by Gasteiger charge is 2.64. The van der Waals surface area contributed by atoms with Gasteiger partial charge in [0.15, 0.2) is 0 Å². The molecule has 92 valence electrons. The average Bonchev–Trinajstić information content (AvgIpc) is 2.68. The van der Waals surface area contributed by atoms with Crippen LogP contribution in [0.3, 0.4) is 0 Å². The second-order valence-electron chi connectivity index (χ2n) is 7.51. The first kappa shape index (κ1) is 11.1. The van der Waals surface area contributed by atoms with Crippen molar-refractivity contribution in [2.75, 3.05) is 6.61 Å². The molecular formula is C15H26O. The number of aliphatic hydroxyl groups excluding tert-OH is 1. The van der Waals surface area contributed by atoms with E-state index in [0.717, 1.165) is 17.8 Å². The standard InChI is InChI=1S/C15H26O/c1-14(2)7-4-8-15(3)11-6-5-10(13(11)14)12(15)9-16/h10-13,16H,4-9H2,1-3H3/t10-,11-,12+,13-,15+/m1/s1. The Labute approximate surface area is 99.6 Å². The lowest BCUT2D eigenvalue weighted by Gasteiger charge is -2.40. The second kappa shape index (κ2) is 3.25. The summed E-state index contributed by atoms with van der Waals surface area (Å²) in [7, 11) is 0. The Bertz CT molecular complexity index is 296. The molecule has 4 bridgehead atoms. The van der Waals surface area contributed by atoms with Crippen molar-refractivity contribution in [3.05, 3.63) is 0 Å². The van der Waals surface area contributed by atoms with E-state index in [2.05, 4.69) is 20.8 Å². The lowest BCUT2D eigenvalue weighted by atomic mass is 9.65. The highest BCUT2D eigenvalue weighted by atomic mass is 16.3. The van der Waals surface area contributed by atoms with Gasteiger partial charge in [-0.05, 0) is 60.2 Å². The van der Waals surface area contributed by atoms with Gasteiger partial charge < -0.3 is 5.11 Å². The van der Waals surface area contributed by atoms with Gasteiger partial charge in [0.25, 0.3) is 0 Å². The average molecular weight is 222 g/mol. The SMILES string of the molecule is CC1(C)CCC[C@@]2(C)[C@@H]3CC[C@@H]([C@H]31)[C@@H]2CO. The molecule has 3 saturated carbocycles. The summed E-state index contributed by atoms with van der Waals surface area (Å²) in [5.41, 5.74) is 0.990. The normalized spacial score (nSPS) is 54.0. The van der Waals surface area contributed by atoms with Crippen LogP contribution in [0.25, 0.3) is 0 Å². The van der Waals surface area contributed by atoms with E-state index < -0.39 is 0 Å². The highest BCUT2D eigenvalue weighted by Crippen LogP contribution is 2.70. The monoisotopic (exact) mass is 222 g/mol. The van der Waals surface area contributed by atoms with Gasteiger partial charge in [-0.15, -0.1) is 0 Å². The Hall–Kier alpha value is -0.0400. The fraction of sp³-hybridized carbons (Fsp3) is 1.00. The Balaban J connectivity index is 2.04. The summed E-state index contributed by atoms with van der Waals surface area (Å²) in [6.07, 6.45) is 6.96. The molecule has 0 aliphatic heterocycles. The van der Waals surface area contributed by atoms with Gasteiger partial charge in [0.05, 0.1) is 0 Å². The van der Waals surface area contributed by atoms with Gasteiger partial charge in [-0.3, -0.25) is 0 Å². The van der Waals surface area contributed by atoms with Crippen molar-refractivity contribution in [2.45, 2.75) is 52.9 Å². The molecule has 1 nitrogen and oxygen atoms in total. The Morgan fingerprint density at radius 3 is 2.56 bits per heavy atom. The van der Waals surface area contributed by atoms with Gasteiger partial charge in [0, 0.05) is 6.61 Å². The summed E-state index contributed by atoms with van der Waals surface area (Å²) in [4.78, 5) is 0. The van der Waals surface area contributed by atoms with Gasteiger partial charge in [0.1, 0.15) is 0 Å². The van der Waals surface area contributed by atoms with Crippen LogP contribution in [0.1, 0.15) is 52.9 Å². The molecule has 0 unspecified atom stereocenters. The Morgan fingerprint density at radius 2 is 1.88 bits per heavy atom. The second-order valence-corrected chi connectivity index (χ2v) is 7.51. The van der Waals surface area contributed by atoms with Gasteiger partial charge in [-0.25, -0.2) is 0 Å². The molecule has 0 aromatic heterocycles. The van der Waals surface area contributed by atoms with Crippen molar-refractivity contribution in [1.29, 1.82) is 0 Å². The van der Waals surface area contributed by atoms with Crippen LogP contribution in [0.5, 0.6) is 0 Å². The predicted octanol–water partition coefficient (Wildman–Crippen LogP) is 3.47. The first-order valence-corrected chi connectivity index (χ1v) is 7.11. The van der Waals surface area contributed by atoms with E-state index in [4.69, 9.17) is 0 Å². The van der Waals surface area contributed by atoms with Crippen LogP contribution in [0.2, 0.25) is 0 Å². The molecule has 3 fully saturated rings. The van der Waals surface area contributed by atoms with E-state index in [0.29, 0.717) is 23.4 Å². The Morgan fingerprint density at radius 1 is 1.12 bits per heavy atom. The van der Waals surface area contributed by atoms with E-state index in [1.54, 1.807) is 0 Å². The summed E-state index contributed by atoms with van der Waals surface area (Å²) >= 11 is 0. The zero-order valence-corrected chi connectivity index (χ0v) is 11.0. The van der Waals surface area contributed by atoms with Crippen molar-refractivity contribution in [3.63, 3.8) is 0 Å². The van der Waals surface area contributed by atoms with Crippen molar-refractivity contribution >= 4 is 0 Å². The molecule has 3 aliphatic rings. The topological polar surface area (TPSA) is 20.2 Å². The van der Waals surface area contributed by atoms with Crippen LogP contribution in [-0.4, -0.2) is 11.7 Å². The third-order valence-corrected chi connectivity index (χ3v) is 6.55. The van der Waals surface area contributed by atoms with E-state index >= 15 is 0 Å². The van der Waals surface area contributed by atoms with Crippen LogP contribution in [0.4, 0.5) is 0 Å². The molecule has 0 aromatic rings. The van der Waals surface area contributed by atoms with Crippen molar-refractivity contribution in [1.82, 2.24) is 0 Å². The quantitative estimate of drug-likeness (QED) is 0.720. The van der Waals surface area contributed by atoms with Gasteiger partial charge >= 0.3 is 0 Å². The first-order valence-electron chi connectivity index (χ1n) is 7.11. The van der Waals surface area contributed by atoms with Crippen LogP contribution < -0.4 is 0 Å². The minimum absolute atomic E-state index is 0.435. The molecule has 1 heteroatoms. The van der Waals surface area contributed by atoms with Gasteiger partial charge in [-0.2, -0.15) is 0 Å². The third kappa shape index (κ3) is 1.16. The molecule has 0 aromatic carbocycles. The van der Waals surface area contributed by atoms with Crippen molar-refractivity contribution in [2.24, 2.45) is 34.5 Å².